The molecule has 0 bridgehead atoms. The number of nitrogens with one attached hydrogen (secondary N) is 1. The summed E-state index contributed by atoms with van der Waals surface area (Å²) in [4.78, 5) is 18.8. The molecule has 1 aliphatic rings. The Labute approximate surface area is 175 Å². The van der Waals surface area contributed by atoms with E-state index in [0.717, 1.165) is 38.9 Å². The van der Waals surface area contributed by atoms with Crippen molar-refractivity contribution in [1.29, 1.82) is 0 Å². The number of carbonyl (C=O) groups excluding carboxylic acids is 1. The second-order valence-corrected chi connectivity index (χ2v) is 8.11. The zero-order chi connectivity index (χ0) is 20.2. The van der Waals surface area contributed by atoms with Gasteiger partial charge in [-0.25, -0.2) is 0 Å². The van der Waals surface area contributed by atoms with Crippen LogP contribution >= 0.6 is 11.8 Å². The van der Waals surface area contributed by atoms with Gasteiger partial charge in [-0.15, -0.1) is 11.8 Å². The number of para-hydroxylation sites is 2. The summed E-state index contributed by atoms with van der Waals surface area (Å²) in [5, 5.41) is 2.98. The molecule has 0 spiro atoms. The van der Waals surface area contributed by atoms with Crippen LogP contribution in [0.25, 0.3) is 0 Å². The lowest BCUT2D eigenvalue weighted by atomic mass is 10.0. The van der Waals surface area contributed by atoms with Crippen molar-refractivity contribution >= 4 is 34.8 Å². The van der Waals surface area contributed by atoms with Gasteiger partial charge in [0.05, 0.1) is 23.8 Å². The fourth-order valence-corrected chi connectivity index (χ4v) is 4.53. The van der Waals surface area contributed by atoms with E-state index in [1.807, 2.05) is 73.7 Å². The highest BCUT2D eigenvalue weighted by Crippen LogP contribution is 2.40. The molecule has 3 aromatic rings. The van der Waals surface area contributed by atoms with Gasteiger partial charge in [-0.1, -0.05) is 30.3 Å². The third-order valence-electron chi connectivity index (χ3n) is 4.86. The second-order valence-electron chi connectivity index (χ2n) is 6.87. The van der Waals surface area contributed by atoms with E-state index >= 15 is 0 Å². The molecule has 5 heteroatoms. The Morgan fingerprint density at radius 1 is 1.03 bits per heavy atom. The summed E-state index contributed by atoms with van der Waals surface area (Å²) in [6.07, 6.45) is 0.345. The predicted molar refractivity (Wildman–Crippen MR) is 120 cm³/mol. The molecule has 1 N–H and O–H groups in total. The number of methoxy groups -OCH3 is 1. The van der Waals surface area contributed by atoms with Crippen molar-refractivity contribution in [3.05, 3.63) is 83.9 Å². The van der Waals surface area contributed by atoms with Gasteiger partial charge in [0.25, 0.3) is 0 Å². The van der Waals surface area contributed by atoms with Crippen LogP contribution in [0.5, 0.6) is 5.75 Å². The number of ether oxygens (including phenoxy) is 1. The molecule has 1 amide bonds. The number of benzene rings is 3. The lowest BCUT2D eigenvalue weighted by Gasteiger charge is -2.24. The van der Waals surface area contributed by atoms with E-state index in [1.54, 1.807) is 18.9 Å². The summed E-state index contributed by atoms with van der Waals surface area (Å²) in [6, 6.07) is 23.7. The maximum Gasteiger partial charge on any atom is 0.225 e. The molecule has 0 unspecified atom stereocenters. The van der Waals surface area contributed by atoms with Gasteiger partial charge in [-0.2, -0.15) is 0 Å². The molecule has 0 radical (unpaired) electrons. The first-order valence-electron chi connectivity index (χ1n) is 9.48. The molecule has 0 aromatic heterocycles. The van der Waals surface area contributed by atoms with Crippen molar-refractivity contribution in [3.8, 4) is 5.75 Å². The number of hydrogen-bond donors (Lipinski definition) is 1. The monoisotopic (exact) mass is 402 g/mol. The number of thioether (sulfide) groups is 1. The maximum atomic E-state index is 12.8. The molecule has 4 rings (SSSR count). The van der Waals surface area contributed by atoms with Gasteiger partial charge >= 0.3 is 0 Å². The minimum absolute atomic E-state index is 0.0163. The van der Waals surface area contributed by atoms with Gasteiger partial charge in [0.2, 0.25) is 5.91 Å². The molecule has 1 atom stereocenters. The number of amides is 1. The lowest BCUT2D eigenvalue weighted by Crippen LogP contribution is -2.27. The topological polar surface area (TPSA) is 50.7 Å². The van der Waals surface area contributed by atoms with Crippen LogP contribution in [0.15, 0.2) is 82.7 Å². The van der Waals surface area contributed by atoms with Crippen molar-refractivity contribution in [2.24, 2.45) is 4.99 Å². The number of aliphatic imine (C=N–C) groups is 1. The van der Waals surface area contributed by atoms with Crippen molar-refractivity contribution in [2.75, 3.05) is 12.4 Å². The summed E-state index contributed by atoms with van der Waals surface area (Å²) in [7, 11) is 1.65. The molecule has 0 saturated heterocycles. The molecular formula is C24H22N2O2S. The van der Waals surface area contributed by atoms with Gasteiger partial charge in [0.15, 0.2) is 0 Å². The summed E-state index contributed by atoms with van der Waals surface area (Å²) >= 11 is 1.69. The Hall–Kier alpha value is -3.05. The molecule has 1 heterocycles. The van der Waals surface area contributed by atoms with Crippen molar-refractivity contribution in [1.82, 2.24) is 0 Å². The number of anilines is 1. The van der Waals surface area contributed by atoms with Crippen LogP contribution in [0.3, 0.4) is 0 Å². The summed E-state index contributed by atoms with van der Waals surface area (Å²) in [5.74, 6) is 0.782. The number of nitrogens with zero attached hydrogens (tertiary/aromatic N) is 1. The minimum Gasteiger partial charge on any atom is -0.497 e. The Kier molecular flexibility index (Phi) is 5.67. The summed E-state index contributed by atoms with van der Waals surface area (Å²) in [6.45, 7) is 1.99. The maximum absolute atomic E-state index is 12.8. The number of aryl methyl sites for hydroxylation is 1. The molecule has 3 aromatic carbocycles. The Bertz CT molecular complexity index is 1060. The molecular weight excluding hydrogens is 380 g/mol. The van der Waals surface area contributed by atoms with Crippen LogP contribution in [-0.2, 0) is 4.79 Å². The van der Waals surface area contributed by atoms with Gasteiger partial charge in [-0.3, -0.25) is 9.79 Å². The zero-order valence-corrected chi connectivity index (χ0v) is 17.2. The Morgan fingerprint density at radius 2 is 1.76 bits per heavy atom. The van der Waals surface area contributed by atoms with Gasteiger partial charge < -0.3 is 10.1 Å². The molecule has 29 heavy (non-hydrogen) atoms. The van der Waals surface area contributed by atoms with E-state index in [1.165, 1.54) is 0 Å². The highest BCUT2D eigenvalue weighted by atomic mass is 32.2. The number of fused-ring (bicyclic) bond motifs is 1. The first-order chi connectivity index (χ1) is 14.1. The SMILES string of the molecule is COc1ccc(C2=Nc3ccccc3S[C@@H]2CC(=O)Nc2ccccc2C)cc1. The van der Waals surface area contributed by atoms with Crippen LogP contribution in [0.2, 0.25) is 0 Å². The van der Waals surface area contributed by atoms with Crippen LogP contribution in [0.1, 0.15) is 17.5 Å². The fraction of sp³-hybridized carbons (Fsp3) is 0.167. The van der Waals surface area contributed by atoms with Crippen LogP contribution in [0.4, 0.5) is 11.4 Å². The molecule has 0 fully saturated rings. The third kappa shape index (κ3) is 4.35. The third-order valence-corrected chi connectivity index (χ3v) is 6.13. The minimum atomic E-state index is -0.0673. The predicted octanol–water partition coefficient (Wildman–Crippen LogP) is 5.63. The summed E-state index contributed by atoms with van der Waals surface area (Å²) in [5.41, 5.74) is 4.75. The fourth-order valence-electron chi connectivity index (χ4n) is 3.29. The largest absolute Gasteiger partial charge is 0.497 e. The quantitative estimate of drug-likeness (QED) is 0.602. The standard InChI is InChI=1S/C24H22N2O2S/c1-16-7-3-4-8-19(16)25-23(27)15-22-24(17-11-13-18(28-2)14-12-17)26-20-9-5-6-10-21(20)29-22/h3-14,22H,15H2,1-2H3,(H,25,27)/t22-/m1/s1. The van der Waals surface area contributed by atoms with E-state index in [2.05, 4.69) is 11.4 Å². The Morgan fingerprint density at radius 3 is 2.52 bits per heavy atom. The number of rotatable bonds is 5. The van der Waals surface area contributed by atoms with E-state index in [0.29, 0.717) is 6.42 Å². The highest BCUT2D eigenvalue weighted by molar-refractivity contribution is 8.01. The highest BCUT2D eigenvalue weighted by Gasteiger charge is 2.27. The second kappa shape index (κ2) is 8.53. The molecule has 0 aliphatic carbocycles. The zero-order valence-electron chi connectivity index (χ0n) is 16.4. The van der Waals surface area contributed by atoms with E-state index < -0.39 is 0 Å². The smallest absolute Gasteiger partial charge is 0.225 e. The molecule has 146 valence electrons. The number of hydrogen-bond acceptors (Lipinski definition) is 4. The van der Waals surface area contributed by atoms with Crippen LogP contribution in [0, 0.1) is 6.92 Å². The first kappa shape index (κ1) is 19.3. The lowest BCUT2D eigenvalue weighted by molar-refractivity contribution is -0.116. The Balaban J connectivity index is 1.61. The van der Waals surface area contributed by atoms with Gasteiger partial charge in [-0.05, 0) is 60.5 Å². The molecule has 4 nitrogen and oxygen atoms in total. The van der Waals surface area contributed by atoms with Crippen molar-refractivity contribution in [3.63, 3.8) is 0 Å². The van der Waals surface area contributed by atoms with E-state index in [9.17, 15) is 4.79 Å². The number of carbonyl (C=O) groups is 1. The average molecular weight is 403 g/mol. The molecule has 1 aliphatic heterocycles. The normalized spacial score (nSPS) is 15.2. The van der Waals surface area contributed by atoms with E-state index in [-0.39, 0.29) is 11.2 Å². The van der Waals surface area contributed by atoms with Gasteiger partial charge in [0, 0.05) is 17.0 Å². The average Bonchev–Trinajstić information content (AvgIpc) is 2.75. The van der Waals surface area contributed by atoms with Crippen LogP contribution < -0.4 is 10.1 Å². The summed E-state index contributed by atoms with van der Waals surface area (Å²) < 4.78 is 5.27. The van der Waals surface area contributed by atoms with Crippen molar-refractivity contribution < 1.29 is 9.53 Å². The van der Waals surface area contributed by atoms with E-state index in [4.69, 9.17) is 9.73 Å². The van der Waals surface area contributed by atoms with Crippen LogP contribution in [-0.4, -0.2) is 24.0 Å². The first-order valence-corrected chi connectivity index (χ1v) is 10.4. The van der Waals surface area contributed by atoms with Crippen molar-refractivity contribution in [2.45, 2.75) is 23.5 Å². The molecule has 0 saturated carbocycles. The van der Waals surface area contributed by atoms with Gasteiger partial charge in [0.1, 0.15) is 5.75 Å².